The van der Waals surface area contributed by atoms with Crippen LogP contribution in [0.2, 0.25) is 0 Å². The standard InChI is InChI=1S/C8H15F/c1-7(2,3)6-8(9)4-5-8/h4-6H2,1-3H3. The van der Waals surface area contributed by atoms with Gasteiger partial charge in [0, 0.05) is 0 Å². The van der Waals surface area contributed by atoms with E-state index >= 15 is 0 Å². The van der Waals surface area contributed by atoms with Crippen molar-refractivity contribution in [2.45, 2.75) is 45.7 Å². The van der Waals surface area contributed by atoms with Gasteiger partial charge in [0.15, 0.2) is 0 Å². The van der Waals surface area contributed by atoms with Crippen LogP contribution in [-0.4, -0.2) is 5.67 Å². The number of rotatable bonds is 1. The Morgan fingerprint density at radius 1 is 1.33 bits per heavy atom. The lowest BCUT2D eigenvalue weighted by Gasteiger charge is -2.19. The number of hydrogen-bond acceptors (Lipinski definition) is 0. The molecule has 1 aliphatic carbocycles. The van der Waals surface area contributed by atoms with Gasteiger partial charge in [0.2, 0.25) is 0 Å². The first-order chi connectivity index (χ1) is 3.91. The van der Waals surface area contributed by atoms with Crippen LogP contribution in [0.3, 0.4) is 0 Å². The molecule has 0 nitrogen and oxygen atoms in total. The third-order valence-electron chi connectivity index (χ3n) is 1.64. The Morgan fingerprint density at radius 2 is 1.78 bits per heavy atom. The first kappa shape index (κ1) is 7.04. The summed E-state index contributed by atoms with van der Waals surface area (Å²) in [5.41, 5.74) is -0.594. The number of alkyl halides is 1. The summed E-state index contributed by atoms with van der Waals surface area (Å²) in [6.45, 7) is 6.27. The van der Waals surface area contributed by atoms with Gasteiger partial charge in [-0.25, -0.2) is 4.39 Å². The van der Waals surface area contributed by atoms with E-state index in [1.807, 2.05) is 0 Å². The molecule has 0 N–H and O–H groups in total. The lowest BCUT2D eigenvalue weighted by atomic mass is 9.89. The van der Waals surface area contributed by atoms with E-state index in [1.54, 1.807) is 0 Å². The van der Waals surface area contributed by atoms with Crippen molar-refractivity contribution in [2.75, 3.05) is 0 Å². The molecule has 0 unspecified atom stereocenters. The second kappa shape index (κ2) is 1.71. The molecule has 1 saturated carbocycles. The van der Waals surface area contributed by atoms with Crippen molar-refractivity contribution in [1.82, 2.24) is 0 Å². The summed E-state index contributed by atoms with van der Waals surface area (Å²) in [4.78, 5) is 0. The van der Waals surface area contributed by atoms with Gasteiger partial charge < -0.3 is 0 Å². The van der Waals surface area contributed by atoms with Crippen molar-refractivity contribution < 1.29 is 4.39 Å². The topological polar surface area (TPSA) is 0 Å². The highest BCUT2D eigenvalue weighted by atomic mass is 19.1. The van der Waals surface area contributed by atoms with Crippen molar-refractivity contribution in [2.24, 2.45) is 5.41 Å². The van der Waals surface area contributed by atoms with Crippen molar-refractivity contribution >= 4 is 0 Å². The summed E-state index contributed by atoms with van der Waals surface area (Å²) in [5.74, 6) is 0. The summed E-state index contributed by atoms with van der Waals surface area (Å²) in [5, 5.41) is 0. The van der Waals surface area contributed by atoms with Crippen LogP contribution in [-0.2, 0) is 0 Å². The normalized spacial score (nSPS) is 24.0. The fraction of sp³-hybridized carbons (Fsp3) is 1.00. The van der Waals surface area contributed by atoms with Crippen molar-refractivity contribution in [3.63, 3.8) is 0 Å². The molecule has 0 heterocycles. The molecule has 0 bridgehead atoms. The summed E-state index contributed by atoms with van der Waals surface area (Å²) in [6, 6.07) is 0. The molecule has 0 aromatic heterocycles. The number of halogens is 1. The van der Waals surface area contributed by atoms with Crippen molar-refractivity contribution in [3.8, 4) is 0 Å². The molecule has 0 spiro atoms. The highest BCUT2D eigenvalue weighted by Crippen LogP contribution is 2.47. The minimum absolute atomic E-state index is 0.172. The first-order valence-electron chi connectivity index (χ1n) is 3.60. The van der Waals surface area contributed by atoms with E-state index in [-0.39, 0.29) is 5.41 Å². The molecule has 1 fully saturated rings. The van der Waals surface area contributed by atoms with Crippen LogP contribution in [0.5, 0.6) is 0 Å². The van der Waals surface area contributed by atoms with Crippen LogP contribution >= 0.6 is 0 Å². The fourth-order valence-electron chi connectivity index (χ4n) is 1.26. The van der Waals surface area contributed by atoms with Crippen molar-refractivity contribution in [1.29, 1.82) is 0 Å². The average molecular weight is 130 g/mol. The first-order valence-corrected chi connectivity index (χ1v) is 3.60. The van der Waals surface area contributed by atoms with Crippen LogP contribution in [0.4, 0.5) is 4.39 Å². The minimum atomic E-state index is -0.766. The maximum atomic E-state index is 13.0. The van der Waals surface area contributed by atoms with E-state index in [2.05, 4.69) is 20.8 Å². The maximum Gasteiger partial charge on any atom is 0.111 e. The zero-order valence-corrected chi connectivity index (χ0v) is 6.50. The van der Waals surface area contributed by atoms with E-state index in [4.69, 9.17) is 0 Å². The Kier molecular flexibility index (Phi) is 1.34. The molecular formula is C8H15F. The molecule has 0 amide bonds. The van der Waals surface area contributed by atoms with Crippen LogP contribution in [0.1, 0.15) is 40.0 Å². The summed E-state index contributed by atoms with van der Waals surface area (Å²) < 4.78 is 13.0. The van der Waals surface area contributed by atoms with Gasteiger partial charge in [-0.15, -0.1) is 0 Å². The SMILES string of the molecule is CC(C)(C)CC1(F)CC1. The Bertz CT molecular complexity index is 103. The maximum absolute atomic E-state index is 13.0. The van der Waals surface area contributed by atoms with Gasteiger partial charge in [-0.3, -0.25) is 0 Å². The van der Waals surface area contributed by atoms with Gasteiger partial charge in [-0.05, 0) is 24.7 Å². The Hall–Kier alpha value is -0.0700. The van der Waals surface area contributed by atoms with E-state index in [0.717, 1.165) is 19.3 Å². The Morgan fingerprint density at radius 3 is 1.89 bits per heavy atom. The van der Waals surface area contributed by atoms with E-state index in [0.29, 0.717) is 0 Å². The Labute approximate surface area is 56.5 Å². The summed E-state index contributed by atoms with van der Waals surface area (Å²) in [7, 11) is 0. The molecule has 0 aromatic carbocycles. The smallest absolute Gasteiger partial charge is 0.111 e. The molecule has 0 saturated heterocycles. The third kappa shape index (κ3) is 2.33. The van der Waals surface area contributed by atoms with E-state index < -0.39 is 5.67 Å². The largest absolute Gasteiger partial charge is 0.244 e. The second-order valence-corrected chi connectivity index (χ2v) is 4.39. The fourth-order valence-corrected chi connectivity index (χ4v) is 1.26. The monoisotopic (exact) mass is 130 g/mol. The van der Waals surface area contributed by atoms with Gasteiger partial charge >= 0.3 is 0 Å². The zero-order chi connectivity index (χ0) is 7.12. The Balaban J connectivity index is 2.33. The molecule has 1 rings (SSSR count). The molecule has 0 radical (unpaired) electrons. The minimum Gasteiger partial charge on any atom is -0.244 e. The summed E-state index contributed by atoms with van der Waals surface area (Å²) in [6.07, 6.45) is 2.33. The van der Waals surface area contributed by atoms with Gasteiger partial charge in [0.1, 0.15) is 5.67 Å². The molecule has 54 valence electrons. The lowest BCUT2D eigenvalue weighted by Crippen LogP contribution is -2.14. The van der Waals surface area contributed by atoms with Gasteiger partial charge in [0.05, 0.1) is 0 Å². The number of hydrogen-bond donors (Lipinski definition) is 0. The predicted octanol–water partition coefficient (Wildman–Crippen LogP) is 2.92. The van der Waals surface area contributed by atoms with E-state index in [9.17, 15) is 4.39 Å². The van der Waals surface area contributed by atoms with Crippen molar-refractivity contribution in [3.05, 3.63) is 0 Å². The van der Waals surface area contributed by atoms with Gasteiger partial charge in [0.25, 0.3) is 0 Å². The zero-order valence-electron chi connectivity index (χ0n) is 6.50. The second-order valence-electron chi connectivity index (χ2n) is 4.39. The van der Waals surface area contributed by atoms with Crippen LogP contribution in [0.25, 0.3) is 0 Å². The van der Waals surface area contributed by atoms with Crippen LogP contribution in [0, 0.1) is 5.41 Å². The average Bonchev–Trinajstić information content (AvgIpc) is 2.12. The third-order valence-corrected chi connectivity index (χ3v) is 1.64. The molecule has 1 heteroatoms. The molecule has 0 atom stereocenters. The highest BCUT2D eigenvalue weighted by Gasteiger charge is 2.45. The van der Waals surface area contributed by atoms with Crippen LogP contribution in [0.15, 0.2) is 0 Å². The molecule has 0 aliphatic heterocycles. The van der Waals surface area contributed by atoms with E-state index in [1.165, 1.54) is 0 Å². The van der Waals surface area contributed by atoms with Gasteiger partial charge in [-0.1, -0.05) is 20.8 Å². The summed E-state index contributed by atoms with van der Waals surface area (Å²) >= 11 is 0. The molecule has 0 aromatic rings. The quantitative estimate of drug-likeness (QED) is 0.512. The van der Waals surface area contributed by atoms with Crippen LogP contribution < -0.4 is 0 Å². The predicted molar refractivity (Wildman–Crippen MR) is 37.1 cm³/mol. The van der Waals surface area contributed by atoms with Gasteiger partial charge in [-0.2, -0.15) is 0 Å². The lowest BCUT2D eigenvalue weighted by molar-refractivity contribution is 0.204. The molecular weight excluding hydrogens is 115 g/mol. The molecule has 1 aliphatic rings. The molecule has 9 heavy (non-hydrogen) atoms. The highest BCUT2D eigenvalue weighted by molar-refractivity contribution is 4.96.